The maximum Gasteiger partial charge on any atom is 0.308 e. The zero-order valence-corrected chi connectivity index (χ0v) is 13.0. The number of carbonyl (C=O) groups is 1. The lowest BCUT2D eigenvalue weighted by Gasteiger charge is -2.32. The number of rotatable bonds is 5. The largest absolute Gasteiger partial charge is 0.469 e. The molecule has 0 radical (unpaired) electrons. The van der Waals surface area contributed by atoms with E-state index in [1.54, 1.807) is 0 Å². The maximum absolute atomic E-state index is 11.3. The van der Waals surface area contributed by atoms with Crippen LogP contribution in [0.3, 0.4) is 0 Å². The van der Waals surface area contributed by atoms with E-state index in [1.807, 2.05) is 6.92 Å². The van der Waals surface area contributed by atoms with Crippen molar-refractivity contribution in [3.63, 3.8) is 0 Å². The van der Waals surface area contributed by atoms with Crippen LogP contribution in [-0.2, 0) is 13.6 Å². The Morgan fingerprint density at radius 2 is 1.67 bits per heavy atom. The van der Waals surface area contributed by atoms with Crippen LogP contribution in [0.15, 0.2) is 0 Å². The predicted octanol–water partition coefficient (Wildman–Crippen LogP) is 2.85. The van der Waals surface area contributed by atoms with Gasteiger partial charge in [0.25, 0.3) is 0 Å². The van der Waals surface area contributed by atoms with E-state index in [0.29, 0.717) is 0 Å². The van der Waals surface area contributed by atoms with E-state index in [4.69, 9.17) is 8.85 Å². The molecule has 0 rings (SSSR count). The lowest BCUT2D eigenvalue weighted by atomic mass is 10.2. The summed E-state index contributed by atoms with van der Waals surface area (Å²) in [7, 11) is -1.78. The van der Waals surface area contributed by atoms with Crippen LogP contribution in [0.25, 0.3) is 0 Å². The van der Waals surface area contributed by atoms with Crippen molar-refractivity contribution in [3.05, 3.63) is 0 Å². The Bertz CT molecular complexity index is 221. The third kappa shape index (κ3) is 6.86. The van der Waals surface area contributed by atoms with Crippen LogP contribution in [0.2, 0.25) is 38.8 Å². The Morgan fingerprint density at radius 1 is 1.20 bits per heavy atom. The van der Waals surface area contributed by atoms with E-state index in [-0.39, 0.29) is 11.9 Å². The molecule has 0 fully saturated rings. The highest BCUT2D eigenvalue weighted by Gasteiger charge is 2.33. The minimum atomic E-state index is -1.72. The van der Waals surface area contributed by atoms with Gasteiger partial charge >= 0.3 is 5.97 Å². The SMILES string of the molecule is COC(=O)C(C)C[Si](C)(C)O[Si](C)(C)C. The summed E-state index contributed by atoms with van der Waals surface area (Å²) in [5.41, 5.74) is 0. The van der Waals surface area contributed by atoms with Gasteiger partial charge in [-0.1, -0.05) is 6.92 Å². The normalized spacial score (nSPS) is 14.9. The summed E-state index contributed by atoms with van der Waals surface area (Å²) in [6.45, 7) is 12.8. The first kappa shape index (κ1) is 14.9. The molecule has 0 aliphatic carbocycles. The van der Waals surface area contributed by atoms with Gasteiger partial charge in [0.2, 0.25) is 0 Å². The minimum absolute atomic E-state index is 0.0481. The molecule has 0 aliphatic rings. The molecule has 0 aromatic rings. The fraction of sp³-hybridized carbons (Fsp3) is 0.900. The molecule has 0 bridgehead atoms. The van der Waals surface area contributed by atoms with Gasteiger partial charge in [0, 0.05) is 0 Å². The molecule has 3 nitrogen and oxygen atoms in total. The fourth-order valence-electron chi connectivity index (χ4n) is 1.89. The molecule has 0 aromatic heterocycles. The maximum atomic E-state index is 11.3. The standard InChI is InChI=1S/C10H24O3Si2/c1-9(10(11)12-2)8-15(6,7)13-14(3,4)5/h9H,8H2,1-7H3. The fourth-order valence-corrected chi connectivity index (χ4v) is 10.5. The third-order valence-electron chi connectivity index (χ3n) is 1.98. The topological polar surface area (TPSA) is 35.5 Å². The van der Waals surface area contributed by atoms with Crippen molar-refractivity contribution in [1.82, 2.24) is 0 Å². The zero-order valence-electron chi connectivity index (χ0n) is 11.0. The molecule has 0 amide bonds. The number of methoxy groups -OCH3 is 1. The van der Waals surface area contributed by atoms with Crippen LogP contribution in [0.4, 0.5) is 0 Å². The number of ether oxygens (including phenoxy) is 1. The Balaban J connectivity index is 4.31. The highest BCUT2D eigenvalue weighted by molar-refractivity contribution is 6.84. The highest BCUT2D eigenvalue weighted by Crippen LogP contribution is 2.23. The highest BCUT2D eigenvalue weighted by atomic mass is 28.4. The summed E-state index contributed by atoms with van der Waals surface area (Å²) in [5.74, 6) is -0.178. The Labute approximate surface area is 95.4 Å². The van der Waals surface area contributed by atoms with Gasteiger partial charge in [0.15, 0.2) is 16.6 Å². The molecular weight excluding hydrogens is 224 g/mol. The second kappa shape index (κ2) is 5.27. The van der Waals surface area contributed by atoms with Crippen molar-refractivity contribution in [2.24, 2.45) is 5.92 Å². The van der Waals surface area contributed by atoms with Gasteiger partial charge < -0.3 is 8.85 Å². The molecule has 0 spiro atoms. The Morgan fingerprint density at radius 3 is 2.00 bits per heavy atom. The van der Waals surface area contributed by atoms with E-state index < -0.39 is 16.6 Å². The van der Waals surface area contributed by atoms with Crippen LogP contribution in [0.1, 0.15) is 6.92 Å². The summed E-state index contributed by atoms with van der Waals surface area (Å²) >= 11 is 0. The smallest absolute Gasteiger partial charge is 0.308 e. The predicted molar refractivity (Wildman–Crippen MR) is 67.9 cm³/mol. The van der Waals surface area contributed by atoms with Gasteiger partial charge in [-0.2, -0.15) is 0 Å². The average molecular weight is 248 g/mol. The zero-order chi connectivity index (χ0) is 12.3. The molecule has 5 heteroatoms. The van der Waals surface area contributed by atoms with Gasteiger partial charge in [-0.3, -0.25) is 4.79 Å². The summed E-state index contributed by atoms with van der Waals surface area (Å²) in [6.07, 6.45) is 0. The van der Waals surface area contributed by atoms with E-state index in [9.17, 15) is 4.79 Å². The first-order chi connectivity index (χ1) is 6.57. The third-order valence-corrected chi connectivity index (χ3v) is 8.24. The van der Waals surface area contributed by atoms with Crippen molar-refractivity contribution in [3.8, 4) is 0 Å². The number of hydrogen-bond donors (Lipinski definition) is 0. The Kier molecular flexibility index (Phi) is 5.22. The van der Waals surface area contributed by atoms with Gasteiger partial charge in [0.05, 0.1) is 13.0 Å². The van der Waals surface area contributed by atoms with E-state index in [0.717, 1.165) is 6.04 Å². The van der Waals surface area contributed by atoms with E-state index in [2.05, 4.69) is 32.7 Å². The second-order valence-corrected chi connectivity index (χ2v) is 14.6. The monoisotopic (exact) mass is 248 g/mol. The lowest BCUT2D eigenvalue weighted by Crippen LogP contribution is -2.44. The molecule has 1 unspecified atom stereocenters. The van der Waals surface area contributed by atoms with Crippen molar-refractivity contribution >= 4 is 22.6 Å². The van der Waals surface area contributed by atoms with Gasteiger partial charge in [-0.25, -0.2) is 0 Å². The van der Waals surface area contributed by atoms with Crippen LogP contribution >= 0.6 is 0 Å². The molecule has 0 heterocycles. The van der Waals surface area contributed by atoms with E-state index >= 15 is 0 Å². The summed E-state index contributed by atoms with van der Waals surface area (Å²) in [5, 5.41) is 0. The molecule has 1 atom stereocenters. The van der Waals surface area contributed by atoms with Crippen molar-refractivity contribution in [2.45, 2.75) is 45.7 Å². The minimum Gasteiger partial charge on any atom is -0.469 e. The second-order valence-electron chi connectivity index (χ2n) is 5.60. The number of carbonyl (C=O) groups excluding carboxylic acids is 1. The molecule has 0 N–H and O–H groups in total. The van der Waals surface area contributed by atoms with Crippen molar-refractivity contribution in [2.75, 3.05) is 7.11 Å². The molecule has 15 heavy (non-hydrogen) atoms. The summed E-state index contributed by atoms with van der Waals surface area (Å²) < 4.78 is 10.9. The molecule has 0 aliphatic heterocycles. The summed E-state index contributed by atoms with van der Waals surface area (Å²) in [4.78, 5) is 11.3. The van der Waals surface area contributed by atoms with Crippen LogP contribution in [-0.4, -0.2) is 29.7 Å². The number of esters is 1. The molecule has 0 saturated heterocycles. The summed E-state index contributed by atoms with van der Waals surface area (Å²) in [6, 6.07) is 0.837. The van der Waals surface area contributed by atoms with Gasteiger partial charge in [0.1, 0.15) is 0 Å². The molecule has 0 aromatic carbocycles. The number of hydrogen-bond acceptors (Lipinski definition) is 3. The average Bonchev–Trinajstić information content (AvgIpc) is 1.96. The molecule has 90 valence electrons. The molecular formula is C10H24O3Si2. The van der Waals surface area contributed by atoms with Crippen molar-refractivity contribution < 1.29 is 13.6 Å². The van der Waals surface area contributed by atoms with Gasteiger partial charge in [-0.15, -0.1) is 0 Å². The van der Waals surface area contributed by atoms with E-state index in [1.165, 1.54) is 7.11 Å². The van der Waals surface area contributed by atoms with Crippen molar-refractivity contribution in [1.29, 1.82) is 0 Å². The quantitative estimate of drug-likeness (QED) is 0.554. The van der Waals surface area contributed by atoms with Crippen LogP contribution in [0.5, 0.6) is 0 Å². The Hall–Kier alpha value is -0.136. The molecule has 0 saturated carbocycles. The van der Waals surface area contributed by atoms with Crippen LogP contribution in [0, 0.1) is 5.92 Å². The van der Waals surface area contributed by atoms with Crippen LogP contribution < -0.4 is 0 Å². The first-order valence-electron chi connectivity index (χ1n) is 5.35. The van der Waals surface area contributed by atoms with Gasteiger partial charge in [-0.05, 0) is 38.8 Å². The first-order valence-corrected chi connectivity index (χ1v) is 11.9. The lowest BCUT2D eigenvalue weighted by molar-refractivity contribution is -0.144.